The molecular formula is C17H17N3O2. The van der Waals surface area contributed by atoms with Crippen molar-refractivity contribution in [2.45, 2.75) is 13.0 Å². The van der Waals surface area contributed by atoms with Crippen molar-refractivity contribution in [3.05, 3.63) is 54.1 Å². The van der Waals surface area contributed by atoms with Crippen LogP contribution in [0.1, 0.15) is 12.5 Å². The van der Waals surface area contributed by atoms with Crippen molar-refractivity contribution in [1.82, 2.24) is 0 Å². The van der Waals surface area contributed by atoms with Crippen molar-refractivity contribution in [2.75, 3.05) is 17.7 Å². The predicted octanol–water partition coefficient (Wildman–Crippen LogP) is 3.01. The highest BCUT2D eigenvalue weighted by atomic mass is 16.5. The van der Waals surface area contributed by atoms with Crippen LogP contribution in [0.5, 0.6) is 5.75 Å². The molecule has 22 heavy (non-hydrogen) atoms. The number of carbonyl (C=O) groups excluding carboxylic acids is 1. The molecule has 0 saturated carbocycles. The van der Waals surface area contributed by atoms with Crippen LogP contribution in [0.15, 0.2) is 48.5 Å². The third kappa shape index (κ3) is 3.76. The Hall–Kier alpha value is -3.00. The fraction of sp³-hybridized carbons (Fsp3) is 0.176. The molecule has 0 aliphatic heterocycles. The molecule has 0 unspecified atom stereocenters. The van der Waals surface area contributed by atoms with E-state index in [1.807, 2.05) is 30.3 Å². The van der Waals surface area contributed by atoms with Crippen molar-refractivity contribution in [3.8, 4) is 11.8 Å². The number of nitrogens with one attached hydrogen (secondary N) is 2. The van der Waals surface area contributed by atoms with Crippen LogP contribution in [0.3, 0.4) is 0 Å². The Kier molecular flexibility index (Phi) is 4.99. The maximum Gasteiger partial charge on any atom is 0.246 e. The first-order valence-electron chi connectivity index (χ1n) is 6.84. The van der Waals surface area contributed by atoms with Crippen molar-refractivity contribution < 1.29 is 9.53 Å². The number of hydrogen-bond donors (Lipinski definition) is 2. The van der Waals surface area contributed by atoms with E-state index in [1.54, 1.807) is 38.3 Å². The summed E-state index contributed by atoms with van der Waals surface area (Å²) in [6.45, 7) is 1.76. The molecule has 1 amide bonds. The second-order valence-electron chi connectivity index (χ2n) is 4.75. The molecule has 0 saturated heterocycles. The normalized spacial score (nSPS) is 11.1. The number of nitrogens with zero attached hydrogens (tertiary/aromatic N) is 1. The number of methoxy groups -OCH3 is 1. The van der Waals surface area contributed by atoms with Gasteiger partial charge in [0.05, 0.1) is 24.4 Å². The number of nitriles is 1. The number of amides is 1. The highest BCUT2D eigenvalue weighted by molar-refractivity contribution is 5.96. The molecule has 0 spiro atoms. The predicted molar refractivity (Wildman–Crippen MR) is 85.9 cm³/mol. The highest BCUT2D eigenvalue weighted by Crippen LogP contribution is 2.24. The summed E-state index contributed by atoms with van der Waals surface area (Å²) in [4.78, 5) is 12.2. The van der Waals surface area contributed by atoms with Gasteiger partial charge in [0.2, 0.25) is 5.91 Å². The Morgan fingerprint density at radius 1 is 1.23 bits per heavy atom. The molecule has 0 radical (unpaired) electrons. The third-order valence-electron chi connectivity index (χ3n) is 3.13. The summed E-state index contributed by atoms with van der Waals surface area (Å²) in [5.41, 5.74) is 1.85. The quantitative estimate of drug-likeness (QED) is 0.889. The molecule has 2 N–H and O–H groups in total. The van der Waals surface area contributed by atoms with Crippen LogP contribution in [0.4, 0.5) is 11.4 Å². The van der Waals surface area contributed by atoms with Crippen LogP contribution in [-0.2, 0) is 4.79 Å². The zero-order valence-corrected chi connectivity index (χ0v) is 12.5. The smallest absolute Gasteiger partial charge is 0.246 e. The number of hydrogen-bond acceptors (Lipinski definition) is 4. The Morgan fingerprint density at radius 2 is 2.00 bits per heavy atom. The topological polar surface area (TPSA) is 74.2 Å². The third-order valence-corrected chi connectivity index (χ3v) is 3.13. The molecule has 0 aliphatic rings. The van der Waals surface area contributed by atoms with Gasteiger partial charge in [-0.25, -0.2) is 0 Å². The first-order chi connectivity index (χ1) is 10.6. The molecule has 0 fully saturated rings. The van der Waals surface area contributed by atoms with E-state index in [4.69, 9.17) is 10.00 Å². The summed E-state index contributed by atoms with van der Waals surface area (Å²) in [5.74, 6) is 0.481. The Labute approximate surface area is 129 Å². The number of benzene rings is 2. The first-order valence-corrected chi connectivity index (χ1v) is 6.84. The van der Waals surface area contributed by atoms with Gasteiger partial charge in [0.25, 0.3) is 0 Å². The molecular weight excluding hydrogens is 278 g/mol. The van der Waals surface area contributed by atoms with Crippen LogP contribution in [0.25, 0.3) is 0 Å². The van der Waals surface area contributed by atoms with Gasteiger partial charge in [0.1, 0.15) is 11.8 Å². The number of anilines is 2. The van der Waals surface area contributed by atoms with Gasteiger partial charge in [-0.2, -0.15) is 5.26 Å². The van der Waals surface area contributed by atoms with Crippen LogP contribution in [0.2, 0.25) is 0 Å². The van der Waals surface area contributed by atoms with Crippen molar-refractivity contribution in [3.63, 3.8) is 0 Å². The van der Waals surface area contributed by atoms with Crippen molar-refractivity contribution >= 4 is 17.3 Å². The van der Waals surface area contributed by atoms with Gasteiger partial charge in [-0.3, -0.25) is 4.79 Å². The average molecular weight is 295 g/mol. The summed E-state index contributed by atoms with van der Waals surface area (Å²) < 4.78 is 5.24. The lowest BCUT2D eigenvalue weighted by atomic mass is 10.2. The second kappa shape index (κ2) is 7.14. The molecule has 5 heteroatoms. The standard InChI is InChI=1S/C17H17N3O2/c1-12(19-15-8-3-4-9-16(15)22-2)17(21)20-14-7-5-6-13(10-14)11-18/h3-10,12,19H,1-2H3,(H,20,21)/t12-/m1/s1. The number of rotatable bonds is 5. The molecule has 2 aromatic rings. The molecule has 5 nitrogen and oxygen atoms in total. The van der Waals surface area contributed by atoms with Gasteiger partial charge < -0.3 is 15.4 Å². The second-order valence-corrected chi connectivity index (χ2v) is 4.75. The lowest BCUT2D eigenvalue weighted by Crippen LogP contribution is -2.32. The average Bonchev–Trinajstić information content (AvgIpc) is 2.55. The summed E-state index contributed by atoms with van der Waals surface area (Å²) >= 11 is 0. The van der Waals surface area contributed by atoms with Gasteiger partial charge in [0.15, 0.2) is 0 Å². The summed E-state index contributed by atoms with van der Waals surface area (Å²) in [6.07, 6.45) is 0. The van der Waals surface area contributed by atoms with Crippen LogP contribution < -0.4 is 15.4 Å². The Morgan fingerprint density at radius 3 is 2.73 bits per heavy atom. The van der Waals surface area contributed by atoms with E-state index in [9.17, 15) is 4.79 Å². The molecule has 2 aromatic carbocycles. The molecule has 0 aromatic heterocycles. The number of para-hydroxylation sites is 2. The molecule has 0 aliphatic carbocycles. The van der Waals surface area contributed by atoms with E-state index in [1.165, 1.54) is 0 Å². The highest BCUT2D eigenvalue weighted by Gasteiger charge is 2.14. The van der Waals surface area contributed by atoms with Crippen LogP contribution in [0, 0.1) is 11.3 Å². The minimum absolute atomic E-state index is 0.194. The Bertz CT molecular complexity index is 707. The maximum absolute atomic E-state index is 12.2. The van der Waals surface area contributed by atoms with Crippen molar-refractivity contribution in [2.24, 2.45) is 0 Å². The van der Waals surface area contributed by atoms with Gasteiger partial charge in [-0.15, -0.1) is 0 Å². The summed E-state index contributed by atoms with van der Waals surface area (Å²) in [7, 11) is 1.58. The molecule has 0 bridgehead atoms. The zero-order valence-electron chi connectivity index (χ0n) is 12.5. The van der Waals surface area contributed by atoms with E-state index in [-0.39, 0.29) is 5.91 Å². The minimum Gasteiger partial charge on any atom is -0.495 e. The lowest BCUT2D eigenvalue weighted by molar-refractivity contribution is -0.116. The molecule has 1 atom stereocenters. The summed E-state index contributed by atoms with van der Waals surface area (Å²) in [5, 5.41) is 14.8. The van der Waals surface area contributed by atoms with E-state index in [2.05, 4.69) is 10.6 Å². The van der Waals surface area contributed by atoms with E-state index in [0.29, 0.717) is 17.0 Å². The zero-order chi connectivity index (χ0) is 15.9. The van der Waals surface area contributed by atoms with Crippen LogP contribution >= 0.6 is 0 Å². The van der Waals surface area contributed by atoms with Crippen molar-refractivity contribution in [1.29, 1.82) is 5.26 Å². The van der Waals surface area contributed by atoms with Gasteiger partial charge in [-0.05, 0) is 37.3 Å². The van der Waals surface area contributed by atoms with Gasteiger partial charge in [-0.1, -0.05) is 18.2 Å². The molecule has 112 valence electrons. The minimum atomic E-state index is -0.456. The summed E-state index contributed by atoms with van der Waals surface area (Å²) in [6, 6.07) is 15.8. The lowest BCUT2D eigenvalue weighted by Gasteiger charge is -2.17. The molecule has 2 rings (SSSR count). The molecule has 0 heterocycles. The fourth-order valence-corrected chi connectivity index (χ4v) is 1.98. The monoisotopic (exact) mass is 295 g/mol. The van der Waals surface area contributed by atoms with E-state index in [0.717, 1.165) is 5.69 Å². The van der Waals surface area contributed by atoms with Gasteiger partial charge >= 0.3 is 0 Å². The fourth-order valence-electron chi connectivity index (χ4n) is 1.98. The van der Waals surface area contributed by atoms with E-state index < -0.39 is 6.04 Å². The number of ether oxygens (including phenoxy) is 1. The van der Waals surface area contributed by atoms with E-state index >= 15 is 0 Å². The largest absolute Gasteiger partial charge is 0.495 e. The first kappa shape index (κ1) is 15.4. The Balaban J connectivity index is 2.04. The van der Waals surface area contributed by atoms with Gasteiger partial charge in [0, 0.05) is 5.69 Å². The van der Waals surface area contributed by atoms with Crippen LogP contribution in [-0.4, -0.2) is 19.1 Å². The number of carbonyl (C=O) groups is 1. The SMILES string of the molecule is COc1ccccc1N[C@H](C)C(=O)Nc1cccc(C#N)c1. The maximum atomic E-state index is 12.2.